The van der Waals surface area contributed by atoms with Crippen LogP contribution in [0.1, 0.15) is 20.8 Å². The van der Waals surface area contributed by atoms with Crippen molar-refractivity contribution in [3.8, 4) is 0 Å². The summed E-state index contributed by atoms with van der Waals surface area (Å²) in [5.74, 6) is -0.543. The standard InChI is InChI=1S/C16H19FN2O3S2/c1-16(2,3)14(20)18-15-19(11-6-4-10(17)5-7-11)12-8-24(21,22)9-13(12)23-15/h4-7,12-13H,8-9H2,1-3H3. The van der Waals surface area contributed by atoms with E-state index < -0.39 is 15.3 Å². The third kappa shape index (κ3) is 3.35. The van der Waals surface area contributed by atoms with Crippen LogP contribution < -0.4 is 4.90 Å². The largest absolute Gasteiger partial charge is 0.316 e. The van der Waals surface area contributed by atoms with Crippen LogP contribution in [0.15, 0.2) is 29.3 Å². The number of amides is 1. The molecule has 2 atom stereocenters. The van der Waals surface area contributed by atoms with E-state index in [1.807, 2.05) is 0 Å². The molecule has 0 radical (unpaired) electrons. The van der Waals surface area contributed by atoms with Gasteiger partial charge in [-0.1, -0.05) is 32.5 Å². The Balaban J connectivity index is 2.01. The van der Waals surface area contributed by atoms with Crippen LogP contribution in [0.25, 0.3) is 0 Å². The third-order valence-corrected chi connectivity index (χ3v) is 7.22. The number of halogens is 1. The van der Waals surface area contributed by atoms with Crippen LogP contribution >= 0.6 is 11.8 Å². The second-order valence-corrected chi connectivity index (χ2v) is 10.5. The number of sulfone groups is 1. The van der Waals surface area contributed by atoms with Crippen LogP contribution in [0.3, 0.4) is 0 Å². The van der Waals surface area contributed by atoms with Crippen molar-refractivity contribution in [2.45, 2.75) is 32.1 Å². The summed E-state index contributed by atoms with van der Waals surface area (Å²) in [6, 6.07) is 5.53. The maximum Gasteiger partial charge on any atom is 0.253 e. The molecule has 3 rings (SSSR count). The molecule has 130 valence electrons. The lowest BCUT2D eigenvalue weighted by atomic mass is 9.96. The van der Waals surface area contributed by atoms with Crippen molar-refractivity contribution in [2.75, 3.05) is 16.4 Å². The lowest BCUT2D eigenvalue weighted by Crippen LogP contribution is -2.38. The molecule has 0 bridgehead atoms. The Morgan fingerprint density at radius 2 is 1.88 bits per heavy atom. The van der Waals surface area contributed by atoms with Gasteiger partial charge in [-0.25, -0.2) is 12.8 Å². The maximum absolute atomic E-state index is 13.2. The molecule has 2 unspecified atom stereocenters. The van der Waals surface area contributed by atoms with Gasteiger partial charge in [0, 0.05) is 16.4 Å². The Kier molecular flexibility index (Phi) is 4.24. The van der Waals surface area contributed by atoms with E-state index in [-0.39, 0.29) is 34.5 Å². The van der Waals surface area contributed by atoms with Gasteiger partial charge in [0.05, 0.1) is 17.5 Å². The molecule has 2 aliphatic rings. The summed E-state index contributed by atoms with van der Waals surface area (Å²) in [7, 11) is -3.11. The highest BCUT2D eigenvalue weighted by atomic mass is 32.2. The number of fused-ring (bicyclic) bond motifs is 1. The maximum atomic E-state index is 13.2. The molecule has 1 amide bonds. The normalized spacial score (nSPS) is 27.5. The number of aliphatic imine (C=N–C) groups is 1. The highest BCUT2D eigenvalue weighted by Gasteiger charge is 2.49. The molecule has 0 spiro atoms. The molecule has 0 aliphatic carbocycles. The Morgan fingerprint density at radius 3 is 2.46 bits per heavy atom. The zero-order valence-electron chi connectivity index (χ0n) is 13.7. The molecule has 2 fully saturated rings. The molecule has 1 aromatic rings. The van der Waals surface area contributed by atoms with Crippen molar-refractivity contribution in [1.82, 2.24) is 0 Å². The molecule has 8 heteroatoms. The van der Waals surface area contributed by atoms with Gasteiger partial charge in [0.1, 0.15) is 5.82 Å². The van der Waals surface area contributed by atoms with Crippen LogP contribution in [-0.2, 0) is 14.6 Å². The van der Waals surface area contributed by atoms with E-state index in [4.69, 9.17) is 0 Å². The van der Waals surface area contributed by atoms with Gasteiger partial charge in [0.15, 0.2) is 15.0 Å². The van der Waals surface area contributed by atoms with E-state index >= 15 is 0 Å². The Bertz CT molecular complexity index is 798. The van der Waals surface area contributed by atoms with Gasteiger partial charge in [-0.3, -0.25) is 4.79 Å². The van der Waals surface area contributed by atoms with Gasteiger partial charge in [-0.2, -0.15) is 4.99 Å². The predicted molar refractivity (Wildman–Crippen MR) is 94.6 cm³/mol. The molecule has 0 aromatic heterocycles. The number of nitrogens with zero attached hydrogens (tertiary/aromatic N) is 2. The van der Waals surface area contributed by atoms with Crippen LogP contribution in [0.2, 0.25) is 0 Å². The molecule has 1 aromatic carbocycles. The predicted octanol–water partition coefficient (Wildman–Crippen LogP) is 2.47. The van der Waals surface area contributed by atoms with Gasteiger partial charge in [0.25, 0.3) is 5.91 Å². The fourth-order valence-corrected chi connectivity index (χ4v) is 6.63. The molecule has 2 heterocycles. The van der Waals surface area contributed by atoms with E-state index in [1.165, 1.54) is 23.9 Å². The summed E-state index contributed by atoms with van der Waals surface area (Å²) in [5, 5.41) is 0.331. The first kappa shape index (κ1) is 17.4. The van der Waals surface area contributed by atoms with Gasteiger partial charge in [-0.15, -0.1) is 0 Å². The molecule has 2 saturated heterocycles. The number of rotatable bonds is 1. The molecule has 5 nitrogen and oxygen atoms in total. The summed E-state index contributed by atoms with van der Waals surface area (Å²) >= 11 is 1.32. The highest BCUT2D eigenvalue weighted by Crippen LogP contribution is 2.41. The Labute approximate surface area is 145 Å². The average molecular weight is 370 g/mol. The highest BCUT2D eigenvalue weighted by molar-refractivity contribution is 8.16. The average Bonchev–Trinajstić information content (AvgIpc) is 2.90. The van der Waals surface area contributed by atoms with E-state index in [0.29, 0.717) is 10.9 Å². The van der Waals surface area contributed by atoms with Gasteiger partial charge < -0.3 is 4.90 Å². The monoisotopic (exact) mass is 370 g/mol. The number of thioether (sulfide) groups is 1. The van der Waals surface area contributed by atoms with Crippen molar-refractivity contribution >= 4 is 38.4 Å². The van der Waals surface area contributed by atoms with Crippen LogP contribution in [-0.4, -0.2) is 42.3 Å². The summed E-state index contributed by atoms with van der Waals surface area (Å²) in [6.07, 6.45) is 0. The number of hydrogen-bond donors (Lipinski definition) is 0. The second-order valence-electron chi connectivity index (χ2n) is 7.10. The fraction of sp³-hybridized carbons (Fsp3) is 0.500. The van der Waals surface area contributed by atoms with E-state index in [9.17, 15) is 17.6 Å². The Hall–Kier alpha value is -1.41. The zero-order chi connectivity index (χ0) is 17.7. The fourth-order valence-electron chi connectivity index (χ4n) is 2.72. The van der Waals surface area contributed by atoms with Gasteiger partial charge in [0.2, 0.25) is 0 Å². The number of benzene rings is 1. The second kappa shape index (κ2) is 5.84. The van der Waals surface area contributed by atoms with Crippen molar-refractivity contribution in [3.05, 3.63) is 30.1 Å². The molecular weight excluding hydrogens is 351 g/mol. The van der Waals surface area contributed by atoms with Gasteiger partial charge >= 0.3 is 0 Å². The number of carbonyl (C=O) groups is 1. The van der Waals surface area contributed by atoms with Crippen molar-refractivity contribution in [1.29, 1.82) is 0 Å². The summed E-state index contributed by atoms with van der Waals surface area (Å²) in [4.78, 5) is 18.3. The molecule has 0 saturated carbocycles. The quantitative estimate of drug-likeness (QED) is 0.760. The van der Waals surface area contributed by atoms with Crippen molar-refractivity contribution < 1.29 is 17.6 Å². The first-order chi connectivity index (χ1) is 11.1. The lowest BCUT2D eigenvalue weighted by molar-refractivity contribution is -0.124. The van der Waals surface area contributed by atoms with Crippen molar-refractivity contribution in [2.24, 2.45) is 10.4 Å². The zero-order valence-corrected chi connectivity index (χ0v) is 15.3. The van der Waals surface area contributed by atoms with Gasteiger partial charge in [-0.05, 0) is 24.3 Å². The molecule has 2 aliphatic heterocycles. The Morgan fingerprint density at radius 1 is 1.25 bits per heavy atom. The van der Waals surface area contributed by atoms with Crippen LogP contribution in [0, 0.1) is 11.2 Å². The number of amidine groups is 1. The van der Waals surface area contributed by atoms with Crippen molar-refractivity contribution in [3.63, 3.8) is 0 Å². The van der Waals surface area contributed by atoms with Crippen LogP contribution in [0.4, 0.5) is 10.1 Å². The van der Waals surface area contributed by atoms with Crippen LogP contribution in [0.5, 0.6) is 0 Å². The van der Waals surface area contributed by atoms with E-state index in [2.05, 4.69) is 4.99 Å². The summed E-state index contributed by atoms with van der Waals surface area (Å²) in [5.41, 5.74) is 0.0279. The SMILES string of the molecule is CC(C)(C)C(=O)N=C1SC2CS(=O)(=O)CC2N1c1ccc(F)cc1. The lowest BCUT2D eigenvalue weighted by Gasteiger charge is -2.25. The first-order valence-electron chi connectivity index (χ1n) is 7.62. The number of hydrogen-bond acceptors (Lipinski definition) is 4. The van der Waals surface area contributed by atoms with E-state index in [1.54, 1.807) is 37.8 Å². The minimum Gasteiger partial charge on any atom is -0.316 e. The summed E-state index contributed by atoms with van der Waals surface area (Å²) < 4.78 is 37.1. The topological polar surface area (TPSA) is 66.8 Å². The number of anilines is 1. The minimum atomic E-state index is -3.11. The summed E-state index contributed by atoms with van der Waals surface area (Å²) in [6.45, 7) is 5.35. The third-order valence-electron chi connectivity index (χ3n) is 4.01. The molecule has 0 N–H and O–H groups in total. The first-order valence-corrected chi connectivity index (χ1v) is 10.3. The molecule has 24 heavy (non-hydrogen) atoms. The molecular formula is C16H19FN2O3S2. The minimum absolute atomic E-state index is 0.0186. The number of carbonyl (C=O) groups excluding carboxylic acids is 1. The smallest absolute Gasteiger partial charge is 0.253 e. The van der Waals surface area contributed by atoms with E-state index in [0.717, 1.165) is 0 Å².